The van der Waals surface area contributed by atoms with Gasteiger partial charge in [-0.2, -0.15) is 0 Å². The molecule has 3 rings (SSSR count). The van der Waals surface area contributed by atoms with Gasteiger partial charge in [0.05, 0.1) is 30.1 Å². The molecule has 0 aliphatic heterocycles. The lowest BCUT2D eigenvalue weighted by molar-refractivity contribution is -0.123. The summed E-state index contributed by atoms with van der Waals surface area (Å²) >= 11 is 0. The van der Waals surface area contributed by atoms with Crippen LogP contribution >= 0.6 is 0 Å². The third-order valence-electron chi connectivity index (χ3n) is 5.75. The fraction of sp³-hybridized carbons (Fsp3) is 0.385. The van der Waals surface area contributed by atoms with E-state index in [1.54, 1.807) is 20.2 Å². The van der Waals surface area contributed by atoms with Crippen molar-refractivity contribution in [3.63, 3.8) is 0 Å². The minimum atomic E-state index is -1.41. The van der Waals surface area contributed by atoms with Crippen molar-refractivity contribution >= 4 is 34.6 Å². The number of imidazole rings is 1. The molecule has 2 heterocycles. The second kappa shape index (κ2) is 12.8. The number of nitrogens with zero attached hydrogens (tertiary/aromatic N) is 5. The Balaban J connectivity index is 1.81. The normalized spacial score (nSPS) is 12.2. The van der Waals surface area contributed by atoms with Gasteiger partial charge in [0.2, 0.25) is 11.8 Å². The van der Waals surface area contributed by atoms with E-state index in [9.17, 15) is 23.6 Å². The fourth-order valence-corrected chi connectivity index (χ4v) is 3.88. The molecule has 0 aliphatic rings. The van der Waals surface area contributed by atoms with Crippen molar-refractivity contribution in [2.24, 2.45) is 5.92 Å². The van der Waals surface area contributed by atoms with Gasteiger partial charge < -0.3 is 25.2 Å². The molecular weight excluding hydrogens is 509 g/mol. The van der Waals surface area contributed by atoms with Gasteiger partial charge in [-0.05, 0) is 37.0 Å². The molecule has 208 valence electrons. The molecule has 1 aromatic carbocycles. The van der Waals surface area contributed by atoms with Crippen LogP contribution < -0.4 is 16.2 Å². The molecule has 0 fully saturated rings. The van der Waals surface area contributed by atoms with Crippen molar-refractivity contribution in [2.75, 3.05) is 19.4 Å². The van der Waals surface area contributed by atoms with Crippen LogP contribution in [0.2, 0.25) is 0 Å². The average molecular weight is 542 g/mol. The first-order valence-corrected chi connectivity index (χ1v) is 12.3. The van der Waals surface area contributed by atoms with Crippen molar-refractivity contribution in [3.05, 3.63) is 64.9 Å². The Morgan fingerprint density at radius 2 is 1.97 bits per heavy atom. The van der Waals surface area contributed by atoms with Crippen LogP contribution in [0.5, 0.6) is 0 Å². The predicted octanol–water partition coefficient (Wildman–Crippen LogP) is 2.44. The van der Waals surface area contributed by atoms with Gasteiger partial charge in [0.25, 0.3) is 5.56 Å². The summed E-state index contributed by atoms with van der Waals surface area (Å²) in [7, 11) is 3.19. The Morgan fingerprint density at radius 3 is 2.64 bits per heavy atom. The van der Waals surface area contributed by atoms with Gasteiger partial charge in [0.15, 0.2) is 0 Å². The zero-order valence-corrected chi connectivity index (χ0v) is 22.2. The number of rotatable bonds is 11. The van der Waals surface area contributed by atoms with E-state index < -0.39 is 29.4 Å². The summed E-state index contributed by atoms with van der Waals surface area (Å²) in [6.45, 7) is 4.66. The number of aromatic nitrogens is 4. The van der Waals surface area contributed by atoms with E-state index >= 15 is 0 Å². The summed E-state index contributed by atoms with van der Waals surface area (Å²) in [5.74, 6) is -0.646. The molecule has 0 bridgehead atoms. The van der Waals surface area contributed by atoms with Gasteiger partial charge in [-0.25, -0.2) is 19.2 Å². The molecule has 0 aliphatic carbocycles. The zero-order valence-electron chi connectivity index (χ0n) is 22.2. The van der Waals surface area contributed by atoms with Gasteiger partial charge in [0, 0.05) is 26.7 Å². The van der Waals surface area contributed by atoms with E-state index in [1.807, 2.05) is 18.4 Å². The molecule has 1 unspecified atom stereocenters. The smallest absolute Gasteiger partial charge is 0.405 e. The lowest BCUT2D eigenvalue weighted by Crippen LogP contribution is -2.44. The summed E-state index contributed by atoms with van der Waals surface area (Å²) in [6.07, 6.45) is 4.23. The van der Waals surface area contributed by atoms with Gasteiger partial charge in [0.1, 0.15) is 23.4 Å². The molecule has 3 amide bonds. The molecular formula is C26H32FN7O5. The van der Waals surface area contributed by atoms with Crippen LogP contribution in [0.4, 0.5) is 14.9 Å². The van der Waals surface area contributed by atoms with Crippen LogP contribution in [0, 0.1) is 11.7 Å². The molecule has 1 atom stereocenters. The first-order valence-electron chi connectivity index (χ1n) is 12.3. The number of hydrogen-bond acceptors (Lipinski definition) is 6. The molecule has 0 saturated carbocycles. The van der Waals surface area contributed by atoms with Crippen LogP contribution in [0.3, 0.4) is 0 Å². The lowest BCUT2D eigenvalue weighted by atomic mass is 10.1. The number of anilines is 1. The van der Waals surface area contributed by atoms with Gasteiger partial charge >= 0.3 is 6.09 Å². The summed E-state index contributed by atoms with van der Waals surface area (Å²) in [5, 5.41) is 13.7. The lowest BCUT2D eigenvalue weighted by Gasteiger charge is -2.16. The number of allylic oxidation sites excluding steroid dienone is 1. The number of nitrogens with one attached hydrogen (secondary N) is 2. The van der Waals surface area contributed by atoms with Gasteiger partial charge in [-0.1, -0.05) is 19.9 Å². The second-order valence-corrected chi connectivity index (χ2v) is 9.61. The Bertz CT molecular complexity index is 1440. The Labute approximate surface area is 224 Å². The van der Waals surface area contributed by atoms with Crippen molar-refractivity contribution in [1.29, 1.82) is 0 Å². The van der Waals surface area contributed by atoms with E-state index in [0.29, 0.717) is 17.9 Å². The molecule has 3 aromatic rings. The zero-order chi connectivity index (χ0) is 28.7. The molecule has 13 heteroatoms. The fourth-order valence-electron chi connectivity index (χ4n) is 3.88. The minimum Gasteiger partial charge on any atom is -0.465 e. The Kier molecular flexibility index (Phi) is 9.52. The highest BCUT2D eigenvalue weighted by atomic mass is 19.1. The van der Waals surface area contributed by atoms with Gasteiger partial charge in [-0.3, -0.25) is 19.0 Å². The largest absolute Gasteiger partial charge is 0.465 e. The first-order chi connectivity index (χ1) is 18.5. The standard InChI is InChI=1S/C26H32FN7O5/c1-16(2)13-34-21-10-9-17(27)11-19(21)29-22(34)14-33-15-28-12-20(25(33)37)30-24(36)18(31-26(38)39)7-5-6-8-23(35)32(3)4/h6,8-12,15-16,18,31H,5,7,13-14H2,1-4H3,(H,30,36)(H,38,39)/b8-6+. The number of carbonyl (C=O) groups is 3. The molecule has 3 N–H and O–H groups in total. The van der Waals surface area contributed by atoms with E-state index in [2.05, 4.69) is 20.6 Å². The van der Waals surface area contributed by atoms with Crippen LogP contribution in [0.1, 0.15) is 32.5 Å². The van der Waals surface area contributed by atoms with Crippen molar-refractivity contribution in [1.82, 2.24) is 29.3 Å². The molecule has 0 radical (unpaired) electrons. The second-order valence-electron chi connectivity index (χ2n) is 9.61. The SMILES string of the molecule is CC(C)Cn1c(Cn2cncc(NC(=O)C(CC/C=C/C(=O)N(C)C)NC(=O)O)c2=O)nc2cc(F)ccc21. The monoisotopic (exact) mass is 541 g/mol. The van der Waals surface area contributed by atoms with E-state index in [-0.39, 0.29) is 36.9 Å². The van der Waals surface area contributed by atoms with Crippen LogP contribution in [0.15, 0.2) is 47.7 Å². The van der Waals surface area contributed by atoms with Crippen LogP contribution in [-0.4, -0.2) is 67.2 Å². The Morgan fingerprint density at radius 1 is 1.23 bits per heavy atom. The first kappa shape index (κ1) is 29.0. The number of fused-ring (bicyclic) bond motifs is 1. The maximum absolute atomic E-state index is 13.8. The van der Waals surface area contributed by atoms with Crippen LogP contribution in [0.25, 0.3) is 11.0 Å². The third kappa shape index (κ3) is 7.72. The molecule has 0 spiro atoms. The summed E-state index contributed by atoms with van der Waals surface area (Å²) in [6, 6.07) is 3.14. The van der Waals surface area contributed by atoms with Crippen molar-refractivity contribution in [2.45, 2.75) is 45.8 Å². The highest BCUT2D eigenvalue weighted by Gasteiger charge is 2.22. The van der Waals surface area contributed by atoms with Gasteiger partial charge in [-0.15, -0.1) is 0 Å². The number of carboxylic acid groups (broad SMARTS) is 1. The summed E-state index contributed by atoms with van der Waals surface area (Å²) in [4.78, 5) is 58.9. The quantitative estimate of drug-likeness (QED) is 0.315. The van der Waals surface area contributed by atoms with Crippen LogP contribution in [-0.2, 0) is 22.7 Å². The maximum atomic E-state index is 13.8. The molecule has 0 saturated heterocycles. The number of benzene rings is 1. The molecule has 39 heavy (non-hydrogen) atoms. The average Bonchev–Trinajstić information content (AvgIpc) is 3.18. The number of hydrogen-bond donors (Lipinski definition) is 3. The highest BCUT2D eigenvalue weighted by Crippen LogP contribution is 2.20. The number of halogens is 1. The van der Waals surface area contributed by atoms with Crippen molar-refractivity contribution < 1.29 is 23.9 Å². The van der Waals surface area contributed by atoms with E-state index in [1.165, 1.54) is 46.3 Å². The predicted molar refractivity (Wildman–Crippen MR) is 143 cm³/mol. The number of amides is 3. The third-order valence-corrected chi connectivity index (χ3v) is 5.75. The number of carbonyl (C=O) groups excluding carboxylic acids is 2. The number of likely N-dealkylation sites (N-methyl/N-ethyl adjacent to an activating group) is 1. The molecule has 2 aromatic heterocycles. The summed E-state index contributed by atoms with van der Waals surface area (Å²) in [5.41, 5.74) is 0.475. The maximum Gasteiger partial charge on any atom is 0.405 e. The Hall–Kier alpha value is -4.55. The van der Waals surface area contributed by atoms with Crippen molar-refractivity contribution in [3.8, 4) is 0 Å². The minimum absolute atomic E-state index is 0.0140. The van der Waals surface area contributed by atoms with E-state index in [0.717, 1.165) is 5.52 Å². The van der Waals surface area contributed by atoms with E-state index in [4.69, 9.17) is 5.11 Å². The summed E-state index contributed by atoms with van der Waals surface area (Å²) < 4.78 is 17.0. The molecule has 12 nitrogen and oxygen atoms in total. The topological polar surface area (TPSA) is 151 Å². The highest BCUT2D eigenvalue weighted by molar-refractivity contribution is 5.96.